The minimum Gasteiger partial charge on any atom is -0.378 e. The van der Waals surface area contributed by atoms with E-state index in [0.717, 1.165) is 36.6 Å². The van der Waals surface area contributed by atoms with Crippen LogP contribution in [0, 0.1) is 23.3 Å². The highest BCUT2D eigenvalue weighted by molar-refractivity contribution is 7.90. The Hall–Kier alpha value is -2.88. The van der Waals surface area contributed by atoms with Gasteiger partial charge in [0.05, 0.1) is 11.7 Å². The van der Waals surface area contributed by atoms with Crippen LogP contribution in [-0.2, 0) is 15.6 Å². The van der Waals surface area contributed by atoms with Crippen molar-refractivity contribution in [3.63, 3.8) is 0 Å². The van der Waals surface area contributed by atoms with Gasteiger partial charge in [-0.3, -0.25) is 0 Å². The topological polar surface area (TPSA) is 72.2 Å². The number of rotatable bonds is 6. The fourth-order valence-electron chi connectivity index (χ4n) is 2.69. The molecule has 0 fully saturated rings. The number of hydrogen-bond acceptors (Lipinski definition) is 5. The van der Waals surface area contributed by atoms with Crippen LogP contribution in [0.5, 0.6) is 0 Å². The van der Waals surface area contributed by atoms with E-state index in [9.17, 15) is 26.0 Å². The number of sulfone groups is 1. The molecule has 0 aliphatic carbocycles. The SMILES string of the molecule is C[C@H](Nc1cc(F)c(S(=O)(=O)Cc2ccon2)c(F)c1)c1cc(F)ccc1F. The van der Waals surface area contributed by atoms with Gasteiger partial charge in [-0.15, -0.1) is 0 Å². The van der Waals surface area contributed by atoms with E-state index in [0.29, 0.717) is 0 Å². The molecular weight excluding hydrogens is 400 g/mol. The molecule has 0 amide bonds. The highest BCUT2D eigenvalue weighted by Crippen LogP contribution is 2.29. The van der Waals surface area contributed by atoms with Gasteiger partial charge in [-0.05, 0) is 37.3 Å². The summed E-state index contributed by atoms with van der Waals surface area (Å²) in [6.45, 7) is 1.46. The highest BCUT2D eigenvalue weighted by atomic mass is 32.2. The maximum absolute atomic E-state index is 14.4. The Balaban J connectivity index is 1.88. The molecule has 3 rings (SSSR count). The van der Waals surface area contributed by atoms with Crippen molar-refractivity contribution in [1.82, 2.24) is 5.16 Å². The van der Waals surface area contributed by atoms with Crippen molar-refractivity contribution < 1.29 is 30.5 Å². The molecule has 10 heteroatoms. The Morgan fingerprint density at radius 1 is 1.04 bits per heavy atom. The van der Waals surface area contributed by atoms with E-state index >= 15 is 0 Å². The summed E-state index contributed by atoms with van der Waals surface area (Å²) in [6, 6.07) is 4.80. The molecule has 0 saturated carbocycles. The van der Waals surface area contributed by atoms with Crippen LogP contribution >= 0.6 is 0 Å². The van der Waals surface area contributed by atoms with Crippen molar-refractivity contribution in [3.05, 3.63) is 77.2 Å². The zero-order chi connectivity index (χ0) is 20.5. The van der Waals surface area contributed by atoms with E-state index in [-0.39, 0.29) is 16.9 Å². The minimum absolute atomic E-state index is 0.00352. The number of nitrogens with zero attached hydrogens (tertiary/aromatic N) is 1. The molecule has 0 unspecified atom stereocenters. The molecule has 0 saturated heterocycles. The second-order valence-corrected chi connectivity index (χ2v) is 7.98. The Kier molecular flexibility index (Phi) is 5.41. The summed E-state index contributed by atoms with van der Waals surface area (Å²) in [4.78, 5) is -1.11. The van der Waals surface area contributed by atoms with E-state index in [1.54, 1.807) is 0 Å². The lowest BCUT2D eigenvalue weighted by Crippen LogP contribution is -2.13. The van der Waals surface area contributed by atoms with E-state index in [1.165, 1.54) is 13.0 Å². The van der Waals surface area contributed by atoms with Crippen molar-refractivity contribution in [1.29, 1.82) is 0 Å². The summed E-state index contributed by atoms with van der Waals surface area (Å²) >= 11 is 0. The van der Waals surface area contributed by atoms with Gasteiger partial charge in [0.25, 0.3) is 0 Å². The highest BCUT2D eigenvalue weighted by Gasteiger charge is 2.27. The summed E-state index contributed by atoms with van der Waals surface area (Å²) in [5, 5.41) is 6.04. The molecule has 0 aliphatic rings. The number of benzene rings is 2. The Labute approximate surface area is 157 Å². The molecule has 0 radical (unpaired) electrons. The Morgan fingerprint density at radius 2 is 1.71 bits per heavy atom. The average molecular weight is 414 g/mol. The first-order chi connectivity index (χ1) is 13.2. The first-order valence-electron chi connectivity index (χ1n) is 8.00. The summed E-state index contributed by atoms with van der Waals surface area (Å²) in [5.74, 6) is -4.75. The first-order valence-corrected chi connectivity index (χ1v) is 9.65. The fourth-order valence-corrected chi connectivity index (χ4v) is 4.09. The van der Waals surface area contributed by atoms with Gasteiger partial charge >= 0.3 is 0 Å². The number of halogens is 4. The van der Waals surface area contributed by atoms with E-state index in [1.807, 2.05) is 0 Å². The second-order valence-electron chi connectivity index (χ2n) is 6.05. The second kappa shape index (κ2) is 7.63. The molecule has 28 heavy (non-hydrogen) atoms. The summed E-state index contributed by atoms with van der Waals surface area (Å²) in [5.41, 5.74) is -0.189. The molecule has 148 valence electrons. The van der Waals surface area contributed by atoms with Crippen LogP contribution in [0.2, 0.25) is 0 Å². The van der Waals surface area contributed by atoms with Crippen LogP contribution in [0.25, 0.3) is 0 Å². The number of anilines is 1. The predicted octanol–water partition coefficient (Wildman–Crippen LogP) is 4.38. The van der Waals surface area contributed by atoms with Crippen molar-refractivity contribution in [3.8, 4) is 0 Å². The summed E-state index contributed by atoms with van der Waals surface area (Å²) < 4.78 is 85.1. The molecule has 5 nitrogen and oxygen atoms in total. The fraction of sp³-hybridized carbons (Fsp3) is 0.167. The van der Waals surface area contributed by atoms with Gasteiger partial charge in [-0.2, -0.15) is 0 Å². The molecule has 3 aromatic rings. The van der Waals surface area contributed by atoms with Crippen LogP contribution < -0.4 is 5.32 Å². The normalized spacial score (nSPS) is 12.8. The molecule has 1 N–H and O–H groups in total. The summed E-state index contributed by atoms with van der Waals surface area (Å²) in [7, 11) is -4.36. The molecule has 1 heterocycles. The van der Waals surface area contributed by atoms with Gasteiger partial charge in [-0.1, -0.05) is 5.16 Å². The zero-order valence-corrected chi connectivity index (χ0v) is 15.2. The first kappa shape index (κ1) is 19.9. The molecular formula is C18H14F4N2O3S. The predicted molar refractivity (Wildman–Crippen MR) is 92.1 cm³/mol. The molecule has 0 spiro atoms. The lowest BCUT2D eigenvalue weighted by atomic mass is 10.1. The van der Waals surface area contributed by atoms with Crippen LogP contribution in [0.4, 0.5) is 23.2 Å². The zero-order valence-electron chi connectivity index (χ0n) is 14.4. The van der Waals surface area contributed by atoms with Crippen molar-refractivity contribution in [2.45, 2.75) is 23.6 Å². The van der Waals surface area contributed by atoms with Crippen molar-refractivity contribution in [2.75, 3.05) is 5.32 Å². The molecule has 1 atom stereocenters. The third-order valence-corrected chi connectivity index (χ3v) is 5.63. The Morgan fingerprint density at radius 3 is 2.32 bits per heavy atom. The van der Waals surface area contributed by atoms with Gasteiger partial charge < -0.3 is 9.84 Å². The van der Waals surface area contributed by atoms with Gasteiger partial charge in [0.15, 0.2) is 9.84 Å². The van der Waals surface area contributed by atoms with Gasteiger partial charge in [0.2, 0.25) is 0 Å². The number of aromatic nitrogens is 1. The maximum Gasteiger partial charge on any atom is 0.190 e. The number of hydrogen-bond donors (Lipinski definition) is 1. The van der Waals surface area contributed by atoms with Gasteiger partial charge in [0, 0.05) is 17.3 Å². The quantitative estimate of drug-likeness (QED) is 0.606. The van der Waals surface area contributed by atoms with E-state index < -0.39 is 49.8 Å². The third kappa shape index (κ3) is 4.16. The monoisotopic (exact) mass is 414 g/mol. The van der Waals surface area contributed by atoms with Crippen LogP contribution in [-0.4, -0.2) is 13.6 Å². The smallest absolute Gasteiger partial charge is 0.190 e. The molecule has 0 bridgehead atoms. The van der Waals surface area contributed by atoms with E-state index in [4.69, 9.17) is 0 Å². The van der Waals surface area contributed by atoms with Gasteiger partial charge in [-0.25, -0.2) is 26.0 Å². The Bertz CT molecular complexity index is 1080. The summed E-state index contributed by atoms with van der Waals surface area (Å²) in [6.07, 6.45) is 1.14. The molecule has 0 aliphatic heterocycles. The lowest BCUT2D eigenvalue weighted by Gasteiger charge is -2.17. The third-order valence-electron chi connectivity index (χ3n) is 3.95. The largest absolute Gasteiger partial charge is 0.378 e. The van der Waals surface area contributed by atoms with Crippen LogP contribution in [0.3, 0.4) is 0 Å². The lowest BCUT2D eigenvalue weighted by molar-refractivity contribution is 0.413. The van der Waals surface area contributed by atoms with Crippen molar-refractivity contribution >= 4 is 15.5 Å². The van der Waals surface area contributed by atoms with Crippen LogP contribution in [0.15, 0.2) is 52.1 Å². The van der Waals surface area contributed by atoms with Crippen LogP contribution in [0.1, 0.15) is 24.2 Å². The molecule has 1 aromatic heterocycles. The van der Waals surface area contributed by atoms with Gasteiger partial charge in [0.1, 0.15) is 40.2 Å². The molecule has 2 aromatic carbocycles. The standard InChI is InChI=1S/C18H14F4N2O3S/c1-10(14-6-11(19)2-3-15(14)20)23-13-7-16(21)18(17(22)8-13)28(25,26)9-12-4-5-27-24-12/h2-8,10,23H,9H2,1H3/t10-/m0/s1. The van der Waals surface area contributed by atoms with E-state index in [2.05, 4.69) is 15.0 Å². The minimum atomic E-state index is -4.36. The van der Waals surface area contributed by atoms with Crippen molar-refractivity contribution in [2.24, 2.45) is 0 Å². The average Bonchev–Trinajstić information content (AvgIpc) is 3.08. The maximum atomic E-state index is 14.4. The number of nitrogens with one attached hydrogen (secondary N) is 1.